The number of fused-ring (bicyclic) bond motifs is 2. The minimum absolute atomic E-state index is 0.0209. The van der Waals surface area contributed by atoms with Crippen molar-refractivity contribution in [1.82, 2.24) is 35.7 Å². The van der Waals surface area contributed by atoms with Crippen LogP contribution in [0.4, 0.5) is 18.0 Å². The fourth-order valence-corrected chi connectivity index (χ4v) is 7.07. The van der Waals surface area contributed by atoms with Crippen LogP contribution in [0.1, 0.15) is 77.3 Å². The molecule has 3 aromatic rings. The van der Waals surface area contributed by atoms with Crippen molar-refractivity contribution in [3.05, 3.63) is 66.2 Å². The maximum atomic E-state index is 14.3. The molecule has 16 heteroatoms. The third-order valence-electron chi connectivity index (χ3n) is 9.90. The average molecular weight is 752 g/mol. The number of carbonyl (C=O) groups is 4. The highest BCUT2D eigenvalue weighted by molar-refractivity contribution is 5.96. The largest absolute Gasteiger partial charge is 0.479 e. The lowest BCUT2D eigenvalue weighted by atomic mass is 10.0. The molecular weight excluding hydrogens is 707 g/mol. The first-order chi connectivity index (χ1) is 25.5. The molecule has 288 valence electrons. The van der Waals surface area contributed by atoms with Gasteiger partial charge >= 0.3 is 18.2 Å². The Kier molecular flexibility index (Phi) is 10.8. The van der Waals surface area contributed by atoms with Crippen molar-refractivity contribution < 1.29 is 42.2 Å². The topological polar surface area (TPSA) is 169 Å². The number of rotatable bonds is 6. The van der Waals surface area contributed by atoms with E-state index in [0.29, 0.717) is 30.4 Å². The zero-order chi connectivity index (χ0) is 38.8. The Balaban J connectivity index is 1.26. The molecule has 3 heterocycles. The third kappa shape index (κ3) is 9.08. The molecule has 54 heavy (non-hydrogen) atoms. The molecule has 3 aliphatic rings. The number of benzene rings is 2. The fourth-order valence-electron chi connectivity index (χ4n) is 7.07. The lowest BCUT2D eigenvalue weighted by molar-refractivity contribution is -0.145. The first kappa shape index (κ1) is 38.4. The molecule has 0 radical (unpaired) electrons. The van der Waals surface area contributed by atoms with Crippen molar-refractivity contribution in [2.45, 2.75) is 108 Å². The summed E-state index contributed by atoms with van der Waals surface area (Å²) in [6.45, 7) is 5.11. The van der Waals surface area contributed by atoms with E-state index in [1.807, 2.05) is 18.2 Å². The summed E-state index contributed by atoms with van der Waals surface area (Å²) in [6.07, 6.45) is 1.12. The monoisotopic (exact) mass is 751 g/mol. The number of allylic oxidation sites excluding steroid dienone is 1. The summed E-state index contributed by atoms with van der Waals surface area (Å²) in [5.41, 5.74) is -0.156. The number of carbonyl (C=O) groups excluding carboxylic acids is 3. The Bertz CT molecular complexity index is 1910. The number of carboxylic acid groups (broad SMARTS) is 1. The maximum Gasteiger partial charge on any atom is 0.408 e. The molecule has 2 fully saturated rings. The van der Waals surface area contributed by atoms with E-state index in [0.717, 1.165) is 18.4 Å². The van der Waals surface area contributed by atoms with Crippen LogP contribution in [0.3, 0.4) is 0 Å². The maximum absolute atomic E-state index is 14.3. The summed E-state index contributed by atoms with van der Waals surface area (Å²) < 4.78 is 44.0. The van der Waals surface area contributed by atoms with Gasteiger partial charge in [0.15, 0.2) is 0 Å². The van der Waals surface area contributed by atoms with Gasteiger partial charge in [-0.2, -0.15) is 18.0 Å². The van der Waals surface area contributed by atoms with Crippen molar-refractivity contribution in [2.24, 2.45) is 5.92 Å². The minimum atomic E-state index is -4.31. The van der Waals surface area contributed by atoms with Gasteiger partial charge in [-0.25, -0.2) is 9.59 Å². The number of hydrogen-bond donors (Lipinski definition) is 3. The van der Waals surface area contributed by atoms with Gasteiger partial charge in [0.2, 0.25) is 17.6 Å². The van der Waals surface area contributed by atoms with E-state index in [-0.39, 0.29) is 36.7 Å². The van der Waals surface area contributed by atoms with Gasteiger partial charge in [-0.3, -0.25) is 9.59 Å². The van der Waals surface area contributed by atoms with E-state index >= 15 is 0 Å². The SMILES string of the molecule is CC(C)(C)OC(=O)N[C@@H]1CCCCC/C=C\[C@@H]2C[C@]2(C(=O)O)NC(=O)[C@@H]2C[C@H](n3nnc(-c4cccc(-c5ccc(CC(F)(F)F)cc5)c4)n3)CN2C1=O. The summed E-state index contributed by atoms with van der Waals surface area (Å²) in [5.74, 6) is -2.45. The molecule has 6 rings (SSSR count). The number of ether oxygens (including phenoxy) is 1. The second kappa shape index (κ2) is 15.2. The zero-order valence-electron chi connectivity index (χ0n) is 30.3. The van der Waals surface area contributed by atoms with E-state index in [4.69, 9.17) is 4.74 Å². The Hall–Kier alpha value is -5.28. The Morgan fingerprint density at radius 3 is 2.48 bits per heavy atom. The molecular formula is C38H44F3N7O6. The number of carboxylic acids is 1. The molecule has 1 aliphatic carbocycles. The molecule has 1 saturated heterocycles. The van der Waals surface area contributed by atoms with Crippen LogP contribution in [0.25, 0.3) is 22.5 Å². The normalized spacial score (nSPS) is 25.7. The van der Waals surface area contributed by atoms with E-state index in [1.165, 1.54) is 21.8 Å². The first-order valence-corrected chi connectivity index (χ1v) is 18.1. The van der Waals surface area contributed by atoms with Crippen LogP contribution in [0.2, 0.25) is 0 Å². The van der Waals surface area contributed by atoms with Crippen molar-refractivity contribution >= 4 is 23.9 Å². The van der Waals surface area contributed by atoms with E-state index in [9.17, 15) is 37.5 Å². The highest BCUT2D eigenvalue weighted by Gasteiger charge is 2.61. The van der Waals surface area contributed by atoms with Crippen LogP contribution in [-0.4, -0.2) is 90.0 Å². The van der Waals surface area contributed by atoms with Gasteiger partial charge in [0.25, 0.3) is 0 Å². The number of nitrogens with zero attached hydrogens (tertiary/aromatic N) is 5. The van der Waals surface area contributed by atoms with Crippen molar-refractivity contribution in [2.75, 3.05) is 6.54 Å². The van der Waals surface area contributed by atoms with Gasteiger partial charge in [-0.1, -0.05) is 67.5 Å². The van der Waals surface area contributed by atoms with Crippen LogP contribution >= 0.6 is 0 Å². The van der Waals surface area contributed by atoms with Crippen LogP contribution in [-0.2, 0) is 25.5 Å². The number of tetrazole rings is 1. The number of alkyl halides is 3. The second-order valence-electron chi connectivity index (χ2n) is 15.2. The van der Waals surface area contributed by atoms with Crippen LogP contribution in [0.15, 0.2) is 60.7 Å². The van der Waals surface area contributed by atoms with Gasteiger partial charge in [0, 0.05) is 24.4 Å². The van der Waals surface area contributed by atoms with Gasteiger partial charge in [-0.15, -0.1) is 10.2 Å². The zero-order valence-corrected chi connectivity index (χ0v) is 30.3. The Morgan fingerprint density at radius 1 is 1.04 bits per heavy atom. The molecule has 0 spiro atoms. The van der Waals surface area contributed by atoms with Crippen molar-refractivity contribution in [3.63, 3.8) is 0 Å². The predicted molar refractivity (Wildman–Crippen MR) is 190 cm³/mol. The third-order valence-corrected chi connectivity index (χ3v) is 9.90. The molecule has 3 N–H and O–H groups in total. The van der Waals surface area contributed by atoms with Crippen molar-refractivity contribution in [1.29, 1.82) is 0 Å². The number of halogens is 3. The number of nitrogens with one attached hydrogen (secondary N) is 2. The predicted octanol–water partition coefficient (Wildman–Crippen LogP) is 5.63. The number of alkyl carbamates (subject to hydrolysis) is 1. The number of aliphatic carboxylic acids is 1. The summed E-state index contributed by atoms with van der Waals surface area (Å²) in [7, 11) is 0. The first-order valence-electron chi connectivity index (χ1n) is 18.1. The summed E-state index contributed by atoms with van der Waals surface area (Å²) in [4.78, 5) is 56.3. The molecule has 1 saturated carbocycles. The summed E-state index contributed by atoms with van der Waals surface area (Å²) in [5, 5.41) is 28.7. The van der Waals surface area contributed by atoms with Gasteiger partial charge < -0.3 is 25.4 Å². The smallest absolute Gasteiger partial charge is 0.408 e. The summed E-state index contributed by atoms with van der Waals surface area (Å²) >= 11 is 0. The molecule has 2 aliphatic heterocycles. The quantitative estimate of drug-likeness (QED) is 0.271. The Morgan fingerprint density at radius 2 is 1.78 bits per heavy atom. The minimum Gasteiger partial charge on any atom is -0.479 e. The van der Waals surface area contributed by atoms with Gasteiger partial charge in [-0.05, 0) is 74.4 Å². The highest BCUT2D eigenvalue weighted by atomic mass is 19.4. The standard InChI is InChI=1S/C38H44F3N7O6/c1-36(2,3)54-35(53)42-29-13-8-6-4-5-7-12-27-21-37(27,34(51)52)43-32(49)30-19-28(22-47(30)33(29)50)48-45-31(44-46-48)26-11-9-10-25(18-26)24-16-14-23(15-17-24)20-38(39,40)41/h7,9-12,14-18,27-30H,4-6,8,13,19-22H2,1-3H3,(H,42,53)(H,43,49)(H,51,52)/b12-7-/t27-,28+,29-,30+,37+/m1/s1. The molecule has 3 amide bonds. The molecule has 1 aromatic heterocycles. The van der Waals surface area contributed by atoms with Crippen molar-refractivity contribution in [3.8, 4) is 22.5 Å². The Labute approximate surface area is 310 Å². The van der Waals surface area contributed by atoms with Crippen LogP contribution < -0.4 is 10.6 Å². The number of aromatic nitrogens is 4. The lowest BCUT2D eigenvalue weighted by Gasteiger charge is -2.30. The average Bonchev–Trinajstić information content (AvgIpc) is 3.40. The molecule has 2 aromatic carbocycles. The molecule has 13 nitrogen and oxygen atoms in total. The van der Waals surface area contributed by atoms with Gasteiger partial charge in [0.1, 0.15) is 23.2 Å². The highest BCUT2D eigenvalue weighted by Crippen LogP contribution is 2.45. The fraction of sp³-hybridized carbons (Fsp3) is 0.500. The van der Waals surface area contributed by atoms with E-state index in [1.54, 1.807) is 51.1 Å². The lowest BCUT2D eigenvalue weighted by Crippen LogP contribution is -2.56. The van der Waals surface area contributed by atoms with Gasteiger partial charge in [0.05, 0.1) is 12.5 Å². The molecule has 0 unspecified atom stereocenters. The number of amides is 3. The van der Waals surface area contributed by atoms with E-state index < -0.39 is 65.7 Å². The van der Waals surface area contributed by atoms with Crippen LogP contribution in [0, 0.1) is 5.92 Å². The molecule has 5 atom stereocenters. The molecule has 0 bridgehead atoms. The number of hydrogen-bond acceptors (Lipinski definition) is 8. The van der Waals surface area contributed by atoms with Crippen LogP contribution in [0.5, 0.6) is 0 Å². The van der Waals surface area contributed by atoms with E-state index in [2.05, 4.69) is 26.0 Å². The second-order valence-corrected chi connectivity index (χ2v) is 15.2. The summed E-state index contributed by atoms with van der Waals surface area (Å²) in [6, 6.07) is 10.5.